The molecule has 2 N–H and O–H groups in total. The Morgan fingerprint density at radius 2 is 2.00 bits per heavy atom. The Balaban J connectivity index is 1.87. The van der Waals surface area contributed by atoms with Crippen molar-refractivity contribution in [3.05, 3.63) is 30.2 Å². The van der Waals surface area contributed by atoms with Gasteiger partial charge in [0.15, 0.2) is 11.3 Å². The number of halogens is 2. The molecule has 0 spiro atoms. The van der Waals surface area contributed by atoms with Crippen LogP contribution in [0.1, 0.15) is 48.0 Å². The van der Waals surface area contributed by atoms with Gasteiger partial charge in [-0.15, -0.1) is 0 Å². The molecule has 0 aliphatic heterocycles. The second-order valence-corrected chi connectivity index (χ2v) is 6.49. The zero-order valence-corrected chi connectivity index (χ0v) is 14.1. The van der Waals surface area contributed by atoms with E-state index >= 15 is 0 Å². The Labute approximate surface area is 147 Å². The third-order valence-electron chi connectivity index (χ3n) is 4.73. The van der Waals surface area contributed by atoms with Crippen LogP contribution in [0.3, 0.4) is 0 Å². The predicted molar refractivity (Wildman–Crippen MR) is 88.2 cm³/mol. The van der Waals surface area contributed by atoms with Crippen LogP contribution in [0.25, 0.3) is 17.1 Å². The van der Waals surface area contributed by atoms with Crippen molar-refractivity contribution in [2.45, 2.75) is 44.6 Å². The molecule has 1 saturated carbocycles. The van der Waals surface area contributed by atoms with Gasteiger partial charge in [0, 0.05) is 31.3 Å². The summed E-state index contributed by atoms with van der Waals surface area (Å²) in [6, 6.07) is -0.194. The van der Waals surface area contributed by atoms with Crippen LogP contribution in [-0.4, -0.2) is 40.9 Å². The Bertz CT molecular complexity index is 970. The summed E-state index contributed by atoms with van der Waals surface area (Å²) < 4.78 is 30.4. The molecule has 4 rings (SSSR count). The Morgan fingerprint density at radius 1 is 1.27 bits per heavy atom. The van der Waals surface area contributed by atoms with Gasteiger partial charge in [-0.3, -0.25) is 9.36 Å². The molecule has 1 aliphatic carbocycles. The van der Waals surface area contributed by atoms with Crippen LogP contribution in [0.2, 0.25) is 0 Å². The van der Waals surface area contributed by atoms with Gasteiger partial charge in [0.1, 0.15) is 17.7 Å². The van der Waals surface area contributed by atoms with Crippen LogP contribution in [0.5, 0.6) is 0 Å². The minimum Gasteiger partial charge on any atom is -0.364 e. The Kier molecular flexibility index (Phi) is 3.70. The minimum atomic E-state index is -2.64. The molecule has 0 saturated heterocycles. The number of nitrogens with zero attached hydrogens (tertiary/aromatic N) is 6. The van der Waals surface area contributed by atoms with Gasteiger partial charge in [0.25, 0.3) is 5.91 Å². The highest BCUT2D eigenvalue weighted by atomic mass is 19.3. The summed E-state index contributed by atoms with van der Waals surface area (Å²) in [4.78, 5) is 29.0. The van der Waals surface area contributed by atoms with E-state index < -0.39 is 11.8 Å². The monoisotopic (exact) mass is 361 g/mol. The van der Waals surface area contributed by atoms with Crippen molar-refractivity contribution >= 4 is 17.1 Å². The normalized spacial score (nSPS) is 17.7. The topological polar surface area (TPSA) is 105 Å². The van der Waals surface area contributed by atoms with E-state index in [0.717, 1.165) is 0 Å². The fourth-order valence-electron chi connectivity index (χ4n) is 3.49. The number of rotatable bonds is 3. The second-order valence-electron chi connectivity index (χ2n) is 6.49. The predicted octanol–water partition coefficient (Wildman–Crippen LogP) is 2.17. The Hall–Kier alpha value is -2.91. The quantitative estimate of drug-likeness (QED) is 0.770. The molecule has 10 heteroatoms. The summed E-state index contributed by atoms with van der Waals surface area (Å²) in [6.45, 7) is 1.76. The zero-order chi connectivity index (χ0) is 18.5. The van der Waals surface area contributed by atoms with Gasteiger partial charge in [-0.05, 0) is 19.8 Å². The average Bonchev–Trinajstić information content (AvgIpc) is 3.21. The molecule has 3 heterocycles. The van der Waals surface area contributed by atoms with E-state index in [1.54, 1.807) is 28.5 Å². The highest BCUT2D eigenvalue weighted by Crippen LogP contribution is 2.40. The number of aromatic nitrogens is 6. The fraction of sp³-hybridized carbons (Fsp3) is 0.438. The van der Waals surface area contributed by atoms with Crippen LogP contribution >= 0.6 is 0 Å². The molecule has 1 fully saturated rings. The van der Waals surface area contributed by atoms with Crippen molar-refractivity contribution in [3.63, 3.8) is 0 Å². The van der Waals surface area contributed by atoms with E-state index in [2.05, 4.69) is 19.9 Å². The van der Waals surface area contributed by atoms with Gasteiger partial charge in [0.2, 0.25) is 11.9 Å². The molecule has 3 aromatic rings. The number of hydrogen-bond acceptors (Lipinski definition) is 5. The van der Waals surface area contributed by atoms with E-state index in [0.29, 0.717) is 29.8 Å². The maximum absolute atomic E-state index is 13.5. The van der Waals surface area contributed by atoms with Crippen LogP contribution < -0.4 is 5.73 Å². The lowest BCUT2D eigenvalue weighted by Crippen LogP contribution is -2.27. The van der Waals surface area contributed by atoms with Crippen LogP contribution in [-0.2, 0) is 0 Å². The molecular weight excluding hydrogens is 344 g/mol. The lowest BCUT2D eigenvalue weighted by molar-refractivity contribution is -0.0438. The third kappa shape index (κ3) is 2.71. The lowest BCUT2D eigenvalue weighted by atomic mass is 9.92. The number of hydrogen-bond donors (Lipinski definition) is 1. The molecule has 0 unspecified atom stereocenters. The molecule has 8 nitrogen and oxygen atoms in total. The van der Waals surface area contributed by atoms with Gasteiger partial charge in [-0.1, -0.05) is 0 Å². The van der Waals surface area contributed by atoms with Gasteiger partial charge in [-0.2, -0.15) is 4.98 Å². The van der Waals surface area contributed by atoms with E-state index in [1.807, 2.05) is 0 Å². The number of carbonyl (C=O) groups excluding carboxylic acids is 1. The van der Waals surface area contributed by atoms with Crippen LogP contribution in [0.4, 0.5) is 8.78 Å². The molecule has 1 aliphatic rings. The lowest BCUT2D eigenvalue weighted by Gasteiger charge is -2.30. The maximum Gasteiger partial charge on any atom is 0.269 e. The number of primary amides is 1. The highest BCUT2D eigenvalue weighted by Gasteiger charge is 2.37. The molecule has 0 atom stereocenters. The highest BCUT2D eigenvalue weighted by molar-refractivity contribution is 6.01. The molecule has 26 heavy (non-hydrogen) atoms. The number of imidazole rings is 2. The summed E-state index contributed by atoms with van der Waals surface area (Å²) in [7, 11) is 0. The molecule has 0 radical (unpaired) electrons. The van der Waals surface area contributed by atoms with Crippen LogP contribution in [0.15, 0.2) is 18.7 Å². The number of fused-ring (bicyclic) bond motifs is 1. The standard InChI is InChI=1S/C16H17F2N7O/c1-9-21-14-12(25(9)10-2-4-16(17,18)5-3-10)11(13(19)26)22-15(23-14)24-7-6-20-8-24/h6-8,10H,2-5H2,1H3,(H2,19,26). The number of nitrogens with two attached hydrogens (primary N) is 1. The summed E-state index contributed by atoms with van der Waals surface area (Å²) in [6.07, 6.45) is 4.89. The summed E-state index contributed by atoms with van der Waals surface area (Å²) in [5.41, 5.74) is 6.27. The van der Waals surface area contributed by atoms with E-state index in [9.17, 15) is 13.6 Å². The molecule has 1 amide bonds. The maximum atomic E-state index is 13.5. The second kappa shape index (κ2) is 5.82. The first-order valence-electron chi connectivity index (χ1n) is 8.28. The summed E-state index contributed by atoms with van der Waals surface area (Å²) in [5.74, 6) is -2.54. The van der Waals surface area contributed by atoms with Gasteiger partial charge < -0.3 is 10.3 Å². The largest absolute Gasteiger partial charge is 0.364 e. The van der Waals surface area contributed by atoms with Crippen molar-refractivity contribution < 1.29 is 13.6 Å². The minimum absolute atomic E-state index is 0.0247. The smallest absolute Gasteiger partial charge is 0.269 e. The van der Waals surface area contributed by atoms with Crippen molar-refractivity contribution in [1.29, 1.82) is 0 Å². The van der Waals surface area contributed by atoms with Crippen molar-refractivity contribution in [2.75, 3.05) is 0 Å². The Morgan fingerprint density at radius 3 is 2.62 bits per heavy atom. The van der Waals surface area contributed by atoms with E-state index in [4.69, 9.17) is 5.73 Å². The average molecular weight is 361 g/mol. The molecular formula is C16H17F2N7O. The first-order chi connectivity index (χ1) is 12.4. The van der Waals surface area contributed by atoms with Crippen molar-refractivity contribution in [1.82, 2.24) is 29.1 Å². The SMILES string of the molecule is Cc1nc2nc(-n3ccnc3)nc(C(N)=O)c2n1C1CCC(F)(F)CC1. The molecule has 0 aromatic carbocycles. The fourth-order valence-corrected chi connectivity index (χ4v) is 3.49. The number of carbonyl (C=O) groups is 1. The van der Waals surface area contributed by atoms with Gasteiger partial charge in [-0.25, -0.2) is 23.7 Å². The summed E-state index contributed by atoms with van der Waals surface area (Å²) in [5, 5.41) is 0. The number of amides is 1. The first kappa shape index (κ1) is 16.6. The first-order valence-corrected chi connectivity index (χ1v) is 8.28. The van der Waals surface area contributed by atoms with Gasteiger partial charge >= 0.3 is 0 Å². The number of aryl methyl sites for hydroxylation is 1. The molecule has 136 valence electrons. The van der Waals surface area contributed by atoms with Crippen molar-refractivity contribution in [2.24, 2.45) is 5.73 Å². The summed E-state index contributed by atoms with van der Waals surface area (Å²) >= 11 is 0. The molecule has 0 bridgehead atoms. The van der Waals surface area contributed by atoms with Crippen LogP contribution in [0, 0.1) is 6.92 Å². The molecule has 3 aromatic heterocycles. The number of alkyl halides is 2. The van der Waals surface area contributed by atoms with Crippen molar-refractivity contribution in [3.8, 4) is 5.95 Å². The zero-order valence-electron chi connectivity index (χ0n) is 14.1. The van der Waals surface area contributed by atoms with E-state index in [-0.39, 0.29) is 30.5 Å². The van der Waals surface area contributed by atoms with E-state index in [1.165, 1.54) is 6.33 Å². The van der Waals surface area contributed by atoms with Gasteiger partial charge in [0.05, 0.1) is 0 Å². The third-order valence-corrected chi connectivity index (χ3v) is 4.73.